The Hall–Kier alpha value is 1.48. The van der Waals surface area contributed by atoms with Gasteiger partial charge in [0.2, 0.25) is 0 Å². The molecule has 0 saturated carbocycles. The minimum atomic E-state index is 0. The largest absolute Gasteiger partial charge is 1.00 e. The molecule has 0 bridgehead atoms. The summed E-state index contributed by atoms with van der Waals surface area (Å²) in [6.45, 7) is 3.28. The van der Waals surface area contributed by atoms with Crippen molar-refractivity contribution in [2.75, 3.05) is 0 Å². The fourth-order valence-corrected chi connectivity index (χ4v) is 0. The van der Waals surface area contributed by atoms with Crippen molar-refractivity contribution < 1.29 is 58.2 Å². The van der Waals surface area contributed by atoms with Crippen molar-refractivity contribution in [2.45, 2.75) is 13.8 Å². The van der Waals surface area contributed by atoms with E-state index < -0.39 is 0 Å². The molecule has 0 radical (unpaired) electrons. The molecule has 0 amide bonds. The first kappa shape index (κ1) is 9.69. The molecule has 0 aliphatic heterocycles. The van der Waals surface area contributed by atoms with E-state index in [2.05, 4.69) is 0 Å². The fraction of sp³-hybridized carbons (Fsp3) is 0.667. The van der Waals surface area contributed by atoms with E-state index in [0.717, 1.165) is 0 Å². The second-order valence-corrected chi connectivity index (χ2v) is 0.947. The maximum atomic E-state index is 7.97. The molecule has 0 rings (SSSR count). The summed E-state index contributed by atoms with van der Waals surface area (Å²) in [6.07, 6.45) is 0. The van der Waals surface area contributed by atoms with Crippen LogP contribution in [0.25, 0.3) is 5.41 Å². The van der Waals surface area contributed by atoms with Gasteiger partial charge < -0.3 is 5.41 Å². The molecular weight excluding hydrogens is 136 g/mol. The van der Waals surface area contributed by atoms with Crippen LogP contribution in [-0.4, -0.2) is 5.71 Å². The van der Waals surface area contributed by atoms with Gasteiger partial charge in [-0.05, 0) is 0 Å². The average molecular weight is 142 g/mol. The SMILES string of the molecule is CC(C)=[N-].[Rb+]. The normalized spacial score (nSPS) is 5.20. The first-order chi connectivity index (χ1) is 1.73. The summed E-state index contributed by atoms with van der Waals surface area (Å²) in [7, 11) is 0. The molecule has 2 heteroatoms. The van der Waals surface area contributed by atoms with Crippen molar-refractivity contribution >= 4 is 5.71 Å². The Kier molecular flexibility index (Phi) is 10.6. The Morgan fingerprint density at radius 2 is 1.40 bits per heavy atom. The van der Waals surface area contributed by atoms with Crippen LogP contribution in [0.3, 0.4) is 0 Å². The van der Waals surface area contributed by atoms with Crippen molar-refractivity contribution in [1.82, 2.24) is 0 Å². The summed E-state index contributed by atoms with van der Waals surface area (Å²) in [4.78, 5) is 0. The van der Waals surface area contributed by atoms with Crippen LogP contribution in [-0.2, 0) is 0 Å². The molecule has 0 saturated heterocycles. The Bertz CT molecular complexity index is 29.9. The van der Waals surface area contributed by atoms with Crippen LogP contribution in [0.5, 0.6) is 0 Å². The third-order valence-electron chi connectivity index (χ3n) is 0. The average Bonchev–Trinajstić information content (AvgIpc) is 0.811. The first-order valence-electron chi connectivity index (χ1n) is 1.22. The molecule has 0 aromatic rings. The maximum Gasteiger partial charge on any atom is 1.00 e. The van der Waals surface area contributed by atoms with E-state index in [4.69, 9.17) is 5.41 Å². The molecule has 0 N–H and O–H groups in total. The number of hydrogen-bond acceptors (Lipinski definition) is 0. The van der Waals surface area contributed by atoms with Gasteiger partial charge in [-0.1, -0.05) is 13.8 Å². The molecular formula is C3H6NRb. The number of hydrogen-bond donors (Lipinski definition) is 0. The summed E-state index contributed by atoms with van der Waals surface area (Å²) in [5.74, 6) is 0. The molecule has 0 aromatic carbocycles. The van der Waals surface area contributed by atoms with E-state index in [1.165, 1.54) is 0 Å². The summed E-state index contributed by atoms with van der Waals surface area (Å²) < 4.78 is 0. The topological polar surface area (TPSA) is 22.3 Å². The third-order valence-corrected chi connectivity index (χ3v) is 0. The van der Waals surface area contributed by atoms with Crippen molar-refractivity contribution in [3.05, 3.63) is 5.41 Å². The Morgan fingerprint density at radius 3 is 1.40 bits per heavy atom. The van der Waals surface area contributed by atoms with E-state index in [0.29, 0.717) is 5.71 Å². The van der Waals surface area contributed by atoms with E-state index in [1.807, 2.05) is 0 Å². The van der Waals surface area contributed by atoms with Gasteiger partial charge >= 0.3 is 58.2 Å². The van der Waals surface area contributed by atoms with Crippen LogP contribution < -0.4 is 58.2 Å². The first-order valence-corrected chi connectivity index (χ1v) is 1.22. The smallest absolute Gasteiger partial charge is 0.812 e. The number of rotatable bonds is 0. The van der Waals surface area contributed by atoms with Crippen molar-refractivity contribution in [2.24, 2.45) is 0 Å². The van der Waals surface area contributed by atoms with E-state index in [1.54, 1.807) is 13.8 Å². The van der Waals surface area contributed by atoms with Crippen LogP contribution in [0, 0.1) is 0 Å². The molecule has 0 spiro atoms. The van der Waals surface area contributed by atoms with Crippen molar-refractivity contribution in [3.63, 3.8) is 0 Å². The monoisotopic (exact) mass is 141 g/mol. The predicted octanol–water partition coefficient (Wildman–Crippen LogP) is -1.96. The zero-order chi connectivity index (χ0) is 3.58. The quantitative estimate of drug-likeness (QED) is 0.350. The van der Waals surface area contributed by atoms with E-state index in [-0.39, 0.29) is 58.2 Å². The van der Waals surface area contributed by atoms with Gasteiger partial charge in [0, 0.05) is 0 Å². The van der Waals surface area contributed by atoms with Crippen LogP contribution in [0.1, 0.15) is 13.8 Å². The van der Waals surface area contributed by atoms with E-state index >= 15 is 0 Å². The Balaban J connectivity index is 0. The molecule has 1 nitrogen and oxygen atoms in total. The Labute approximate surface area is 81.4 Å². The summed E-state index contributed by atoms with van der Waals surface area (Å²) in [5.41, 5.74) is 0.417. The maximum absolute atomic E-state index is 7.97. The zero-order valence-electron chi connectivity index (χ0n) is 3.95. The zero-order valence-corrected chi connectivity index (χ0v) is 8.86. The molecule has 5 heavy (non-hydrogen) atoms. The van der Waals surface area contributed by atoms with Gasteiger partial charge in [-0.15, -0.1) is 0 Å². The summed E-state index contributed by atoms with van der Waals surface area (Å²) in [5, 5.41) is 7.97. The van der Waals surface area contributed by atoms with Gasteiger partial charge in [0.05, 0.1) is 0 Å². The molecule has 0 unspecified atom stereocenters. The standard InChI is InChI=1S/C3H6N.Rb/c1-3(2)4;/h1-2H3;/q-1;+1. The Morgan fingerprint density at radius 1 is 1.40 bits per heavy atom. The molecule has 0 atom stereocenters. The predicted molar refractivity (Wildman–Crippen MR) is 19.7 cm³/mol. The van der Waals surface area contributed by atoms with Gasteiger partial charge in [0.15, 0.2) is 0 Å². The molecule has 0 aliphatic carbocycles. The van der Waals surface area contributed by atoms with Crippen LogP contribution in [0.2, 0.25) is 0 Å². The molecule has 0 aromatic heterocycles. The van der Waals surface area contributed by atoms with Crippen molar-refractivity contribution in [3.8, 4) is 0 Å². The molecule has 0 fully saturated rings. The van der Waals surface area contributed by atoms with Crippen LogP contribution in [0.4, 0.5) is 0 Å². The van der Waals surface area contributed by atoms with Crippen LogP contribution >= 0.6 is 0 Å². The molecule has 24 valence electrons. The van der Waals surface area contributed by atoms with Crippen molar-refractivity contribution in [1.29, 1.82) is 0 Å². The van der Waals surface area contributed by atoms with Gasteiger partial charge in [-0.25, -0.2) is 5.71 Å². The summed E-state index contributed by atoms with van der Waals surface area (Å²) >= 11 is 0. The van der Waals surface area contributed by atoms with Gasteiger partial charge in [-0.2, -0.15) is 0 Å². The number of nitrogens with zero attached hydrogens (tertiary/aromatic N) is 1. The van der Waals surface area contributed by atoms with Gasteiger partial charge in [-0.3, -0.25) is 0 Å². The third kappa shape index (κ3) is 30.4. The molecule has 0 heterocycles. The minimum Gasteiger partial charge on any atom is -0.812 e. The second kappa shape index (κ2) is 5.48. The summed E-state index contributed by atoms with van der Waals surface area (Å²) in [6, 6.07) is 0. The van der Waals surface area contributed by atoms with Crippen LogP contribution in [0.15, 0.2) is 0 Å². The fourth-order valence-electron chi connectivity index (χ4n) is 0. The second-order valence-electron chi connectivity index (χ2n) is 0.947. The van der Waals surface area contributed by atoms with Gasteiger partial charge in [0.25, 0.3) is 0 Å². The molecule has 0 aliphatic rings. The minimum absolute atomic E-state index is 0. The van der Waals surface area contributed by atoms with Gasteiger partial charge in [0.1, 0.15) is 0 Å². The van der Waals surface area contributed by atoms with E-state index in [9.17, 15) is 0 Å².